The average Bonchev–Trinajstić information content (AvgIpc) is 2.27. The van der Waals surface area contributed by atoms with Crippen molar-refractivity contribution in [3.8, 4) is 0 Å². The second-order valence-electron chi connectivity index (χ2n) is 4.08. The van der Waals surface area contributed by atoms with Crippen LogP contribution in [0, 0.1) is 0 Å². The average molecular weight is 240 g/mol. The van der Waals surface area contributed by atoms with Gasteiger partial charge >= 0.3 is 0 Å². The van der Waals surface area contributed by atoms with Crippen molar-refractivity contribution in [3.05, 3.63) is 30.3 Å². The van der Waals surface area contributed by atoms with E-state index in [0.717, 1.165) is 5.30 Å². The van der Waals surface area contributed by atoms with Crippen LogP contribution in [0.4, 0.5) is 0 Å². The van der Waals surface area contributed by atoms with E-state index < -0.39 is 7.14 Å². The quantitative estimate of drug-likeness (QED) is 0.708. The van der Waals surface area contributed by atoms with Gasteiger partial charge in [-0.15, -0.1) is 0 Å². The molecule has 0 aliphatic carbocycles. The maximum absolute atomic E-state index is 13.0. The third-order valence-electron chi connectivity index (χ3n) is 3.02. The molecule has 0 bridgehead atoms. The van der Waals surface area contributed by atoms with Crippen LogP contribution < -0.4 is 5.30 Å². The van der Waals surface area contributed by atoms with E-state index in [0.29, 0.717) is 0 Å². The van der Waals surface area contributed by atoms with Gasteiger partial charge in [-0.1, -0.05) is 30.3 Å². The summed E-state index contributed by atoms with van der Waals surface area (Å²) in [7, 11) is -2.63. The van der Waals surface area contributed by atoms with Gasteiger partial charge in [0.15, 0.2) is 13.4 Å². The summed E-state index contributed by atoms with van der Waals surface area (Å²) < 4.78 is 24.1. The zero-order valence-corrected chi connectivity index (χ0v) is 10.7. The normalized spacial score (nSPS) is 39.6. The van der Waals surface area contributed by atoms with Crippen LogP contribution in [-0.2, 0) is 14.0 Å². The van der Waals surface area contributed by atoms with Crippen molar-refractivity contribution in [2.45, 2.75) is 38.8 Å². The van der Waals surface area contributed by atoms with E-state index in [1.54, 1.807) is 0 Å². The Hall–Kier alpha value is -0.630. The van der Waals surface area contributed by atoms with Gasteiger partial charge in [-0.25, -0.2) is 0 Å². The number of rotatable bonds is 1. The summed E-state index contributed by atoms with van der Waals surface area (Å²) in [6.07, 6.45) is -0.282. The Labute approximate surface area is 96.1 Å². The molecule has 0 N–H and O–H groups in total. The van der Waals surface area contributed by atoms with Gasteiger partial charge in [0.2, 0.25) is 0 Å². The summed E-state index contributed by atoms with van der Waals surface area (Å²) in [5, 5.41) is 0.835. The van der Waals surface area contributed by atoms with Crippen LogP contribution in [0.1, 0.15) is 20.8 Å². The lowest BCUT2D eigenvalue weighted by Gasteiger charge is -2.38. The first-order valence-electron chi connectivity index (χ1n) is 5.51. The largest absolute Gasteiger partial charge is 0.342 e. The van der Waals surface area contributed by atoms with Crippen molar-refractivity contribution in [1.82, 2.24) is 0 Å². The topological polar surface area (TPSA) is 35.5 Å². The van der Waals surface area contributed by atoms with Gasteiger partial charge in [-0.05, 0) is 20.8 Å². The molecule has 1 heterocycles. The fourth-order valence-corrected chi connectivity index (χ4v) is 4.92. The predicted octanol–water partition coefficient (Wildman–Crippen LogP) is 2.76. The van der Waals surface area contributed by atoms with Crippen LogP contribution in [0.3, 0.4) is 0 Å². The molecule has 0 aromatic heterocycles. The van der Waals surface area contributed by atoms with E-state index in [-0.39, 0.29) is 18.0 Å². The molecule has 2 rings (SSSR count). The highest BCUT2D eigenvalue weighted by Crippen LogP contribution is 2.57. The highest BCUT2D eigenvalue weighted by atomic mass is 31.2. The lowest BCUT2D eigenvalue weighted by molar-refractivity contribution is -0.162. The second kappa shape index (κ2) is 4.33. The van der Waals surface area contributed by atoms with Crippen molar-refractivity contribution in [3.63, 3.8) is 0 Å². The van der Waals surface area contributed by atoms with Crippen molar-refractivity contribution >= 4 is 12.4 Å². The Morgan fingerprint density at radius 3 is 2.00 bits per heavy atom. The summed E-state index contributed by atoms with van der Waals surface area (Å²) >= 11 is 0. The molecule has 1 saturated heterocycles. The molecular weight excluding hydrogens is 223 g/mol. The molecule has 1 aliphatic heterocycles. The van der Waals surface area contributed by atoms with Crippen molar-refractivity contribution in [2.75, 3.05) is 0 Å². The van der Waals surface area contributed by atoms with Crippen LogP contribution in [0.15, 0.2) is 30.3 Å². The van der Waals surface area contributed by atoms with E-state index >= 15 is 0 Å². The van der Waals surface area contributed by atoms with Crippen LogP contribution in [0.2, 0.25) is 0 Å². The third-order valence-corrected chi connectivity index (χ3v) is 6.53. The van der Waals surface area contributed by atoms with E-state index in [1.165, 1.54) is 0 Å². The smallest absolute Gasteiger partial charge is 0.169 e. The van der Waals surface area contributed by atoms with E-state index in [2.05, 4.69) is 0 Å². The first-order chi connectivity index (χ1) is 7.55. The molecule has 2 atom stereocenters. The second-order valence-corrected chi connectivity index (χ2v) is 7.47. The van der Waals surface area contributed by atoms with Crippen LogP contribution in [-0.4, -0.2) is 18.0 Å². The lowest BCUT2D eigenvalue weighted by Crippen LogP contribution is -2.37. The molecule has 1 aromatic rings. The third kappa shape index (κ3) is 1.84. The summed E-state index contributed by atoms with van der Waals surface area (Å²) in [5.41, 5.74) is 0. The summed E-state index contributed by atoms with van der Waals surface area (Å²) in [6.45, 7) is 5.56. The lowest BCUT2D eigenvalue weighted by atomic mass is 10.4. The molecule has 2 unspecified atom stereocenters. The zero-order valence-electron chi connectivity index (χ0n) is 9.79. The van der Waals surface area contributed by atoms with Crippen molar-refractivity contribution < 1.29 is 14.0 Å². The SMILES string of the molecule is CC1OC(C)P(=O)(c2ccccc2)C(C)O1. The molecule has 0 amide bonds. The standard InChI is InChI=1S/C12H17O3P/c1-9-14-10(2)16(13,11(3)15-9)12-7-5-4-6-8-12/h4-11H,1-3H3. The van der Waals surface area contributed by atoms with Gasteiger partial charge in [0.1, 0.15) is 11.7 Å². The molecule has 4 heteroatoms. The molecule has 1 aliphatic rings. The molecule has 1 aromatic carbocycles. The van der Waals surface area contributed by atoms with Gasteiger partial charge in [0, 0.05) is 5.30 Å². The Bertz CT molecular complexity index is 388. The number of hydrogen-bond acceptors (Lipinski definition) is 3. The van der Waals surface area contributed by atoms with Gasteiger partial charge in [-0.3, -0.25) is 0 Å². The minimum Gasteiger partial charge on any atom is -0.342 e. The molecule has 0 saturated carbocycles. The first kappa shape index (κ1) is 11.8. The fraction of sp³-hybridized carbons (Fsp3) is 0.500. The molecule has 0 spiro atoms. The van der Waals surface area contributed by atoms with Crippen molar-refractivity contribution in [1.29, 1.82) is 0 Å². The molecule has 0 radical (unpaired) electrons. The van der Waals surface area contributed by atoms with Gasteiger partial charge in [-0.2, -0.15) is 0 Å². The Balaban J connectivity index is 2.40. The Morgan fingerprint density at radius 2 is 1.50 bits per heavy atom. The number of hydrogen-bond donors (Lipinski definition) is 0. The molecule has 3 nitrogen and oxygen atoms in total. The monoisotopic (exact) mass is 240 g/mol. The number of benzene rings is 1. The zero-order chi connectivity index (χ0) is 11.8. The maximum atomic E-state index is 13.0. The fourth-order valence-electron chi connectivity index (χ4n) is 2.14. The Morgan fingerprint density at radius 1 is 1.00 bits per heavy atom. The van der Waals surface area contributed by atoms with Gasteiger partial charge in [0.05, 0.1) is 0 Å². The molecular formula is C12H17O3P. The van der Waals surface area contributed by atoms with E-state index in [4.69, 9.17) is 9.47 Å². The minimum absolute atomic E-state index is 0.282. The van der Waals surface area contributed by atoms with Crippen LogP contribution >= 0.6 is 7.14 Å². The highest BCUT2D eigenvalue weighted by molar-refractivity contribution is 7.72. The van der Waals surface area contributed by atoms with Gasteiger partial charge < -0.3 is 14.0 Å². The van der Waals surface area contributed by atoms with E-state index in [9.17, 15) is 4.57 Å². The Kier molecular flexibility index (Phi) is 3.20. The van der Waals surface area contributed by atoms with Gasteiger partial charge in [0.25, 0.3) is 0 Å². The molecule has 16 heavy (non-hydrogen) atoms. The van der Waals surface area contributed by atoms with Crippen molar-refractivity contribution in [2.24, 2.45) is 0 Å². The summed E-state index contributed by atoms with van der Waals surface area (Å²) in [5.74, 6) is -0.567. The predicted molar refractivity (Wildman–Crippen MR) is 64.2 cm³/mol. The first-order valence-corrected chi connectivity index (χ1v) is 7.35. The molecule has 88 valence electrons. The highest BCUT2D eigenvalue weighted by Gasteiger charge is 2.44. The maximum Gasteiger partial charge on any atom is 0.169 e. The minimum atomic E-state index is -2.63. The van der Waals surface area contributed by atoms with E-state index in [1.807, 2.05) is 51.1 Å². The molecule has 1 fully saturated rings. The summed E-state index contributed by atoms with van der Waals surface area (Å²) in [6, 6.07) is 9.48. The van der Waals surface area contributed by atoms with Crippen LogP contribution in [0.5, 0.6) is 0 Å². The number of ether oxygens (including phenoxy) is 2. The van der Waals surface area contributed by atoms with Crippen LogP contribution in [0.25, 0.3) is 0 Å². The summed E-state index contributed by atoms with van der Waals surface area (Å²) in [4.78, 5) is 0.